The highest BCUT2D eigenvalue weighted by Crippen LogP contribution is 2.12. The molecule has 0 atom stereocenters. The second-order valence-electron chi connectivity index (χ2n) is 3.00. The van der Waals surface area contributed by atoms with Crippen LogP contribution in [0.5, 0.6) is 0 Å². The third kappa shape index (κ3) is 1.69. The standard InChI is InChI=1S/C9H8N4O2/c1-13-5-11-12-8(13)7-3-2-6(4-10-7)9(14)15/h2-5H,1H3,(H,14,15). The summed E-state index contributed by atoms with van der Waals surface area (Å²) in [5, 5.41) is 16.3. The minimum atomic E-state index is -0.994. The second kappa shape index (κ2) is 3.49. The Morgan fingerprint density at radius 1 is 1.47 bits per heavy atom. The normalized spacial score (nSPS) is 10.2. The van der Waals surface area contributed by atoms with E-state index >= 15 is 0 Å². The zero-order valence-electron chi connectivity index (χ0n) is 7.95. The molecule has 0 unspecified atom stereocenters. The van der Waals surface area contributed by atoms with E-state index in [1.54, 1.807) is 24.0 Å². The van der Waals surface area contributed by atoms with Crippen molar-refractivity contribution in [3.8, 4) is 11.5 Å². The number of carboxylic acids is 1. The van der Waals surface area contributed by atoms with Crippen LogP contribution in [0.2, 0.25) is 0 Å². The van der Waals surface area contributed by atoms with E-state index in [0.29, 0.717) is 11.5 Å². The smallest absolute Gasteiger partial charge is 0.337 e. The quantitative estimate of drug-likeness (QED) is 0.773. The average Bonchev–Trinajstić information content (AvgIpc) is 2.65. The number of aromatic carboxylic acids is 1. The molecule has 0 aliphatic carbocycles. The fourth-order valence-corrected chi connectivity index (χ4v) is 1.17. The summed E-state index contributed by atoms with van der Waals surface area (Å²) in [5.74, 6) is -0.390. The predicted octanol–water partition coefficient (Wildman–Crippen LogP) is 0.575. The van der Waals surface area contributed by atoms with E-state index in [-0.39, 0.29) is 5.56 Å². The van der Waals surface area contributed by atoms with Gasteiger partial charge in [0.1, 0.15) is 12.0 Å². The van der Waals surface area contributed by atoms with Crippen molar-refractivity contribution in [1.29, 1.82) is 0 Å². The van der Waals surface area contributed by atoms with E-state index < -0.39 is 5.97 Å². The van der Waals surface area contributed by atoms with Crippen molar-refractivity contribution in [2.75, 3.05) is 0 Å². The maximum atomic E-state index is 10.6. The summed E-state index contributed by atoms with van der Waals surface area (Å²) in [7, 11) is 1.79. The van der Waals surface area contributed by atoms with Gasteiger partial charge in [0.05, 0.1) is 5.56 Å². The topological polar surface area (TPSA) is 80.9 Å². The van der Waals surface area contributed by atoms with Crippen LogP contribution < -0.4 is 0 Å². The van der Waals surface area contributed by atoms with Gasteiger partial charge in [-0.3, -0.25) is 4.98 Å². The Labute approximate surface area is 85.2 Å². The molecule has 0 radical (unpaired) electrons. The molecule has 2 rings (SSSR count). The highest BCUT2D eigenvalue weighted by Gasteiger charge is 2.07. The molecule has 15 heavy (non-hydrogen) atoms. The molecule has 2 heterocycles. The van der Waals surface area contributed by atoms with Gasteiger partial charge in [0, 0.05) is 13.2 Å². The highest BCUT2D eigenvalue weighted by molar-refractivity contribution is 5.87. The average molecular weight is 204 g/mol. The molecule has 0 amide bonds. The number of aromatic nitrogens is 4. The Hall–Kier alpha value is -2.24. The molecular weight excluding hydrogens is 196 g/mol. The van der Waals surface area contributed by atoms with Gasteiger partial charge in [-0.05, 0) is 12.1 Å². The van der Waals surface area contributed by atoms with E-state index in [1.165, 1.54) is 12.3 Å². The van der Waals surface area contributed by atoms with Gasteiger partial charge in [0.2, 0.25) is 0 Å². The van der Waals surface area contributed by atoms with Gasteiger partial charge in [-0.15, -0.1) is 10.2 Å². The lowest BCUT2D eigenvalue weighted by atomic mass is 10.2. The minimum absolute atomic E-state index is 0.154. The van der Waals surface area contributed by atoms with Crippen LogP contribution in [0, 0.1) is 0 Å². The Bertz CT molecular complexity index is 489. The van der Waals surface area contributed by atoms with Crippen LogP contribution >= 0.6 is 0 Å². The Morgan fingerprint density at radius 3 is 2.73 bits per heavy atom. The monoisotopic (exact) mass is 204 g/mol. The zero-order chi connectivity index (χ0) is 10.8. The molecule has 0 fully saturated rings. The zero-order valence-corrected chi connectivity index (χ0v) is 7.95. The first-order valence-corrected chi connectivity index (χ1v) is 4.22. The van der Waals surface area contributed by atoms with Crippen molar-refractivity contribution in [3.63, 3.8) is 0 Å². The first kappa shape index (κ1) is 9.32. The Kier molecular flexibility index (Phi) is 2.17. The molecule has 0 aromatic carbocycles. The number of hydrogen-bond acceptors (Lipinski definition) is 4. The van der Waals surface area contributed by atoms with Crippen molar-refractivity contribution in [3.05, 3.63) is 30.2 Å². The van der Waals surface area contributed by atoms with E-state index in [9.17, 15) is 4.79 Å². The van der Waals surface area contributed by atoms with Crippen molar-refractivity contribution >= 4 is 5.97 Å². The molecule has 6 heteroatoms. The second-order valence-corrected chi connectivity index (χ2v) is 3.00. The Balaban J connectivity index is 2.40. The molecule has 0 spiro atoms. The van der Waals surface area contributed by atoms with E-state index in [4.69, 9.17) is 5.11 Å². The van der Waals surface area contributed by atoms with Gasteiger partial charge in [-0.2, -0.15) is 0 Å². The lowest BCUT2D eigenvalue weighted by Crippen LogP contribution is -1.99. The van der Waals surface area contributed by atoms with Gasteiger partial charge in [0.25, 0.3) is 0 Å². The Morgan fingerprint density at radius 2 is 2.27 bits per heavy atom. The molecule has 1 N–H and O–H groups in total. The summed E-state index contributed by atoms with van der Waals surface area (Å²) in [6, 6.07) is 3.09. The van der Waals surface area contributed by atoms with Crippen LogP contribution in [0.15, 0.2) is 24.7 Å². The number of hydrogen-bond donors (Lipinski definition) is 1. The molecule has 76 valence electrons. The third-order valence-corrected chi connectivity index (χ3v) is 1.95. The first-order valence-electron chi connectivity index (χ1n) is 4.22. The predicted molar refractivity (Wildman–Crippen MR) is 51.2 cm³/mol. The SMILES string of the molecule is Cn1cnnc1-c1ccc(C(=O)O)cn1. The van der Waals surface area contributed by atoms with Gasteiger partial charge in [-0.1, -0.05) is 0 Å². The summed E-state index contributed by atoms with van der Waals surface area (Å²) < 4.78 is 1.71. The largest absolute Gasteiger partial charge is 0.478 e. The fourth-order valence-electron chi connectivity index (χ4n) is 1.17. The van der Waals surface area contributed by atoms with E-state index in [0.717, 1.165) is 0 Å². The number of carbonyl (C=O) groups is 1. The van der Waals surface area contributed by atoms with Crippen LogP contribution in [0.3, 0.4) is 0 Å². The number of rotatable bonds is 2. The maximum Gasteiger partial charge on any atom is 0.337 e. The third-order valence-electron chi connectivity index (χ3n) is 1.95. The molecule has 2 aromatic heterocycles. The van der Waals surface area contributed by atoms with Crippen LogP contribution in [0.4, 0.5) is 0 Å². The summed E-state index contributed by atoms with van der Waals surface area (Å²) in [4.78, 5) is 14.6. The molecule has 6 nitrogen and oxygen atoms in total. The number of carboxylic acid groups (broad SMARTS) is 1. The van der Waals surface area contributed by atoms with Crippen molar-refractivity contribution < 1.29 is 9.90 Å². The number of nitrogens with zero attached hydrogens (tertiary/aromatic N) is 4. The van der Waals surface area contributed by atoms with Crippen LogP contribution in [-0.2, 0) is 7.05 Å². The molecule has 0 aliphatic heterocycles. The molecule has 0 saturated carbocycles. The molecular formula is C9H8N4O2. The van der Waals surface area contributed by atoms with Crippen molar-refractivity contribution in [1.82, 2.24) is 19.7 Å². The lowest BCUT2D eigenvalue weighted by molar-refractivity contribution is 0.0696. The summed E-state index contributed by atoms with van der Waals surface area (Å²) in [6.45, 7) is 0. The van der Waals surface area contributed by atoms with Gasteiger partial charge < -0.3 is 9.67 Å². The van der Waals surface area contributed by atoms with Gasteiger partial charge in [-0.25, -0.2) is 4.79 Å². The molecule has 0 bridgehead atoms. The molecule has 2 aromatic rings. The fraction of sp³-hybridized carbons (Fsp3) is 0.111. The lowest BCUT2D eigenvalue weighted by Gasteiger charge is -1.99. The summed E-state index contributed by atoms with van der Waals surface area (Å²) in [5.41, 5.74) is 0.751. The minimum Gasteiger partial charge on any atom is -0.478 e. The molecule has 0 saturated heterocycles. The number of pyridine rings is 1. The van der Waals surface area contributed by atoms with Gasteiger partial charge in [0.15, 0.2) is 5.82 Å². The van der Waals surface area contributed by atoms with E-state index in [1.807, 2.05) is 0 Å². The first-order chi connectivity index (χ1) is 7.18. The summed E-state index contributed by atoms with van der Waals surface area (Å²) >= 11 is 0. The highest BCUT2D eigenvalue weighted by atomic mass is 16.4. The van der Waals surface area contributed by atoms with E-state index in [2.05, 4.69) is 15.2 Å². The molecule has 0 aliphatic rings. The van der Waals surface area contributed by atoms with Gasteiger partial charge >= 0.3 is 5.97 Å². The van der Waals surface area contributed by atoms with Crippen molar-refractivity contribution in [2.24, 2.45) is 7.05 Å². The number of aryl methyl sites for hydroxylation is 1. The summed E-state index contributed by atoms with van der Waals surface area (Å²) in [6.07, 6.45) is 2.86. The van der Waals surface area contributed by atoms with Crippen LogP contribution in [-0.4, -0.2) is 30.8 Å². The van der Waals surface area contributed by atoms with Crippen molar-refractivity contribution in [2.45, 2.75) is 0 Å². The van der Waals surface area contributed by atoms with Crippen LogP contribution in [0.25, 0.3) is 11.5 Å². The van der Waals surface area contributed by atoms with Crippen LogP contribution in [0.1, 0.15) is 10.4 Å². The maximum absolute atomic E-state index is 10.6.